The lowest BCUT2D eigenvalue weighted by Gasteiger charge is -2.32. The summed E-state index contributed by atoms with van der Waals surface area (Å²) in [7, 11) is 1.49. The average Bonchev–Trinajstić information content (AvgIpc) is 2.59. The molecule has 0 heterocycles. The third kappa shape index (κ3) is 3.57. The van der Waals surface area contributed by atoms with Gasteiger partial charge in [-0.05, 0) is 11.1 Å². The number of carboxylic acid groups (broad SMARTS) is 1. The van der Waals surface area contributed by atoms with Crippen molar-refractivity contribution in [3.8, 4) is 0 Å². The molecule has 0 aliphatic rings. The van der Waals surface area contributed by atoms with Crippen molar-refractivity contribution in [2.45, 2.75) is 12.0 Å². The van der Waals surface area contributed by atoms with E-state index in [1.165, 1.54) is 11.9 Å². The van der Waals surface area contributed by atoms with E-state index >= 15 is 0 Å². The first-order valence-electron chi connectivity index (χ1n) is 7.27. The summed E-state index contributed by atoms with van der Waals surface area (Å²) in [5.74, 6) is -1.55. The predicted octanol–water partition coefficient (Wildman–Crippen LogP) is 1.86. The van der Waals surface area contributed by atoms with Crippen molar-refractivity contribution in [2.24, 2.45) is 0 Å². The summed E-state index contributed by atoms with van der Waals surface area (Å²) >= 11 is 0. The van der Waals surface area contributed by atoms with Crippen LogP contribution in [0.4, 0.5) is 0 Å². The number of rotatable bonds is 6. The van der Waals surface area contributed by atoms with Gasteiger partial charge in [-0.15, -0.1) is 0 Å². The second-order valence-electron chi connectivity index (χ2n) is 5.31. The standard InChI is InChI=1S/C18H19NO4/c1-19(13-12-16(20)21)17(22)18(23,14-8-4-2-5-9-14)15-10-6-3-7-11-15/h2-11,23H,12-13H2,1H3,(H,20,21). The summed E-state index contributed by atoms with van der Waals surface area (Å²) in [5, 5.41) is 20.0. The highest BCUT2D eigenvalue weighted by Gasteiger charge is 2.41. The second-order valence-corrected chi connectivity index (χ2v) is 5.31. The van der Waals surface area contributed by atoms with Crippen molar-refractivity contribution in [3.05, 3.63) is 71.8 Å². The number of amides is 1. The zero-order valence-corrected chi connectivity index (χ0v) is 12.8. The Balaban J connectivity index is 2.42. The normalized spacial score (nSPS) is 11.0. The molecule has 5 nitrogen and oxygen atoms in total. The maximum Gasteiger partial charge on any atom is 0.305 e. The molecule has 0 atom stereocenters. The fourth-order valence-electron chi connectivity index (χ4n) is 2.41. The zero-order chi connectivity index (χ0) is 16.9. The van der Waals surface area contributed by atoms with Crippen LogP contribution in [0.2, 0.25) is 0 Å². The van der Waals surface area contributed by atoms with Crippen LogP contribution in [-0.4, -0.2) is 40.6 Å². The van der Waals surface area contributed by atoms with Crippen LogP contribution in [0.1, 0.15) is 17.5 Å². The number of carbonyl (C=O) groups excluding carboxylic acids is 1. The Kier molecular flexibility index (Phi) is 5.13. The first-order valence-corrected chi connectivity index (χ1v) is 7.27. The highest BCUT2D eigenvalue weighted by atomic mass is 16.4. The molecule has 0 spiro atoms. The Morgan fingerprint density at radius 2 is 1.39 bits per heavy atom. The molecule has 2 aromatic carbocycles. The van der Waals surface area contributed by atoms with Gasteiger partial charge >= 0.3 is 5.97 Å². The van der Waals surface area contributed by atoms with Crippen molar-refractivity contribution in [3.63, 3.8) is 0 Å². The molecule has 2 aromatic rings. The van der Waals surface area contributed by atoms with Crippen LogP contribution in [-0.2, 0) is 15.2 Å². The van der Waals surface area contributed by atoms with E-state index in [9.17, 15) is 14.7 Å². The van der Waals surface area contributed by atoms with Gasteiger partial charge in [0.05, 0.1) is 6.42 Å². The number of likely N-dealkylation sites (N-methyl/N-ethyl adjacent to an activating group) is 1. The molecule has 0 aliphatic heterocycles. The lowest BCUT2D eigenvalue weighted by Crippen LogP contribution is -2.46. The largest absolute Gasteiger partial charge is 0.481 e. The van der Waals surface area contributed by atoms with Crippen molar-refractivity contribution < 1.29 is 19.8 Å². The number of benzene rings is 2. The van der Waals surface area contributed by atoms with Crippen LogP contribution < -0.4 is 0 Å². The van der Waals surface area contributed by atoms with Gasteiger partial charge in [0.2, 0.25) is 0 Å². The monoisotopic (exact) mass is 313 g/mol. The minimum Gasteiger partial charge on any atom is -0.481 e. The van der Waals surface area contributed by atoms with Crippen LogP contribution >= 0.6 is 0 Å². The summed E-state index contributed by atoms with van der Waals surface area (Å²) in [5.41, 5.74) is -0.966. The van der Waals surface area contributed by atoms with Crippen LogP contribution in [0, 0.1) is 0 Å². The Hall–Kier alpha value is -2.66. The summed E-state index contributed by atoms with van der Waals surface area (Å²) in [6, 6.07) is 17.3. The molecule has 1 amide bonds. The molecule has 0 saturated heterocycles. The molecule has 2 rings (SSSR count). The van der Waals surface area contributed by atoms with Gasteiger partial charge in [0.1, 0.15) is 0 Å². The molecular weight excluding hydrogens is 294 g/mol. The highest BCUT2D eigenvalue weighted by Crippen LogP contribution is 2.31. The average molecular weight is 313 g/mol. The third-order valence-corrected chi connectivity index (χ3v) is 3.70. The second kappa shape index (κ2) is 7.07. The van der Waals surface area contributed by atoms with E-state index < -0.39 is 17.5 Å². The van der Waals surface area contributed by atoms with E-state index in [2.05, 4.69) is 0 Å². The van der Waals surface area contributed by atoms with Gasteiger partial charge < -0.3 is 15.1 Å². The molecule has 2 N–H and O–H groups in total. The number of aliphatic carboxylic acids is 1. The van der Waals surface area contributed by atoms with Crippen molar-refractivity contribution in [1.82, 2.24) is 4.90 Å². The van der Waals surface area contributed by atoms with E-state index in [-0.39, 0.29) is 13.0 Å². The number of hydrogen-bond donors (Lipinski definition) is 2. The number of aliphatic hydroxyl groups is 1. The third-order valence-electron chi connectivity index (χ3n) is 3.70. The van der Waals surface area contributed by atoms with Gasteiger partial charge in [0.25, 0.3) is 5.91 Å². The molecule has 120 valence electrons. The first kappa shape index (κ1) is 16.7. The molecule has 0 aromatic heterocycles. The van der Waals surface area contributed by atoms with Gasteiger partial charge in [-0.25, -0.2) is 0 Å². The van der Waals surface area contributed by atoms with Gasteiger partial charge in [0, 0.05) is 13.6 Å². The molecule has 0 radical (unpaired) electrons. The number of nitrogens with zero attached hydrogens (tertiary/aromatic N) is 1. The van der Waals surface area contributed by atoms with E-state index in [0.29, 0.717) is 11.1 Å². The zero-order valence-electron chi connectivity index (χ0n) is 12.8. The van der Waals surface area contributed by atoms with Crippen molar-refractivity contribution in [2.75, 3.05) is 13.6 Å². The van der Waals surface area contributed by atoms with Crippen LogP contribution in [0.3, 0.4) is 0 Å². The molecule has 5 heteroatoms. The van der Waals surface area contributed by atoms with Crippen molar-refractivity contribution >= 4 is 11.9 Å². The number of hydrogen-bond acceptors (Lipinski definition) is 3. The minimum absolute atomic E-state index is 0.0240. The summed E-state index contributed by atoms with van der Waals surface area (Å²) in [4.78, 5) is 24.8. The number of carboxylic acids is 1. The van der Waals surface area contributed by atoms with E-state index in [0.717, 1.165) is 0 Å². The number of carbonyl (C=O) groups is 2. The first-order chi connectivity index (χ1) is 11.0. The highest BCUT2D eigenvalue weighted by molar-refractivity contribution is 5.90. The molecule has 0 bridgehead atoms. The van der Waals surface area contributed by atoms with Crippen LogP contribution in [0.5, 0.6) is 0 Å². The topological polar surface area (TPSA) is 77.8 Å². The Bertz CT molecular complexity index is 630. The molecular formula is C18H19NO4. The summed E-state index contributed by atoms with van der Waals surface area (Å²) in [6.07, 6.45) is -0.179. The summed E-state index contributed by atoms with van der Waals surface area (Å²) < 4.78 is 0. The quantitative estimate of drug-likeness (QED) is 0.853. The fourth-order valence-corrected chi connectivity index (χ4v) is 2.41. The van der Waals surface area contributed by atoms with Gasteiger partial charge in [-0.1, -0.05) is 60.7 Å². The maximum absolute atomic E-state index is 12.9. The Labute approximate surface area is 134 Å². The van der Waals surface area contributed by atoms with Gasteiger partial charge in [0.15, 0.2) is 5.60 Å². The predicted molar refractivity (Wildman–Crippen MR) is 85.8 cm³/mol. The van der Waals surface area contributed by atoms with Gasteiger partial charge in [-0.3, -0.25) is 9.59 Å². The smallest absolute Gasteiger partial charge is 0.305 e. The van der Waals surface area contributed by atoms with Gasteiger partial charge in [-0.2, -0.15) is 0 Å². The Morgan fingerprint density at radius 1 is 0.957 bits per heavy atom. The molecule has 0 fully saturated rings. The van der Waals surface area contributed by atoms with E-state index in [1.54, 1.807) is 60.7 Å². The minimum atomic E-state index is -1.85. The lowest BCUT2D eigenvalue weighted by atomic mass is 9.85. The molecule has 0 saturated carbocycles. The molecule has 0 unspecified atom stereocenters. The maximum atomic E-state index is 12.9. The van der Waals surface area contributed by atoms with Crippen LogP contribution in [0.15, 0.2) is 60.7 Å². The van der Waals surface area contributed by atoms with Crippen LogP contribution in [0.25, 0.3) is 0 Å². The molecule has 0 aliphatic carbocycles. The fraction of sp³-hybridized carbons (Fsp3) is 0.222. The summed E-state index contributed by atoms with van der Waals surface area (Å²) in [6.45, 7) is 0.0240. The van der Waals surface area contributed by atoms with E-state index in [1.807, 2.05) is 0 Å². The molecule has 23 heavy (non-hydrogen) atoms. The Morgan fingerprint density at radius 3 is 1.78 bits per heavy atom. The van der Waals surface area contributed by atoms with E-state index in [4.69, 9.17) is 5.11 Å². The SMILES string of the molecule is CN(CCC(=O)O)C(=O)C(O)(c1ccccc1)c1ccccc1. The lowest BCUT2D eigenvalue weighted by molar-refractivity contribution is -0.147. The van der Waals surface area contributed by atoms with Crippen molar-refractivity contribution in [1.29, 1.82) is 0 Å².